The molecule has 0 saturated carbocycles. The highest BCUT2D eigenvalue weighted by Gasteiger charge is 2.16. The molecule has 0 aromatic carbocycles. The number of hydrogen-bond acceptors (Lipinski definition) is 4. The molecule has 0 radical (unpaired) electrons. The van der Waals surface area contributed by atoms with Gasteiger partial charge in [0, 0.05) is 6.20 Å². The highest BCUT2D eigenvalue weighted by atomic mass is 15.1. The molecule has 0 spiro atoms. The second-order valence-corrected chi connectivity index (χ2v) is 4.62. The number of anilines is 1. The molecular weight excluding hydrogens is 212 g/mol. The first kappa shape index (κ1) is 12.3. The number of hydrogen-bond donors (Lipinski definition) is 3. The van der Waals surface area contributed by atoms with E-state index in [4.69, 9.17) is 5.73 Å². The van der Waals surface area contributed by atoms with Crippen molar-refractivity contribution in [2.75, 3.05) is 18.4 Å². The van der Waals surface area contributed by atoms with Crippen molar-refractivity contribution in [3.63, 3.8) is 0 Å². The lowest BCUT2D eigenvalue weighted by Gasteiger charge is -2.19. The molecule has 17 heavy (non-hydrogen) atoms. The van der Waals surface area contributed by atoms with Crippen LogP contribution in [0.25, 0.3) is 0 Å². The van der Waals surface area contributed by atoms with Gasteiger partial charge >= 0.3 is 0 Å². The highest BCUT2D eigenvalue weighted by molar-refractivity contribution is 5.55. The summed E-state index contributed by atoms with van der Waals surface area (Å²) in [6, 6.07) is 2.10. The van der Waals surface area contributed by atoms with Crippen LogP contribution in [0.3, 0.4) is 0 Å². The molecule has 2 heterocycles. The number of nitrogens with two attached hydrogens (primary N) is 1. The van der Waals surface area contributed by atoms with E-state index in [2.05, 4.69) is 28.6 Å². The van der Waals surface area contributed by atoms with Gasteiger partial charge in [-0.1, -0.05) is 0 Å². The molecular formula is C13H22N4. The SMILES string of the molecule is Cc1nccc(CCCN)c1NC1CCCN1. The van der Waals surface area contributed by atoms with Crippen molar-refractivity contribution in [3.05, 3.63) is 23.5 Å². The first-order valence-corrected chi connectivity index (χ1v) is 6.45. The molecule has 2 rings (SSSR count). The molecule has 4 heteroatoms. The van der Waals surface area contributed by atoms with Gasteiger partial charge in [0.2, 0.25) is 0 Å². The smallest absolute Gasteiger partial charge is 0.0769 e. The number of pyridine rings is 1. The predicted molar refractivity (Wildman–Crippen MR) is 71.0 cm³/mol. The van der Waals surface area contributed by atoms with Crippen LogP contribution < -0.4 is 16.4 Å². The number of aromatic nitrogens is 1. The maximum Gasteiger partial charge on any atom is 0.0769 e. The van der Waals surface area contributed by atoms with Crippen LogP contribution >= 0.6 is 0 Å². The largest absolute Gasteiger partial charge is 0.368 e. The van der Waals surface area contributed by atoms with Crippen LogP contribution in [0.2, 0.25) is 0 Å². The summed E-state index contributed by atoms with van der Waals surface area (Å²) in [4.78, 5) is 4.37. The quantitative estimate of drug-likeness (QED) is 0.720. The Balaban J connectivity index is 2.11. The molecule has 1 fully saturated rings. The maximum absolute atomic E-state index is 5.58. The standard InChI is InChI=1S/C13H22N4/c1-10-13(17-12-5-3-8-16-12)11(4-2-7-14)6-9-15-10/h6,9,12,16-17H,2-5,7-8,14H2,1H3. The van der Waals surface area contributed by atoms with E-state index in [0.29, 0.717) is 6.17 Å². The second-order valence-electron chi connectivity index (χ2n) is 4.62. The minimum absolute atomic E-state index is 0.398. The Kier molecular flexibility index (Phi) is 4.34. The van der Waals surface area contributed by atoms with Gasteiger partial charge in [0.25, 0.3) is 0 Å². The lowest BCUT2D eigenvalue weighted by molar-refractivity contribution is 0.675. The van der Waals surface area contributed by atoms with Gasteiger partial charge < -0.3 is 11.1 Å². The molecule has 1 unspecified atom stereocenters. The molecule has 1 aromatic heterocycles. The van der Waals surface area contributed by atoms with Gasteiger partial charge in [-0.15, -0.1) is 0 Å². The van der Waals surface area contributed by atoms with Crippen molar-refractivity contribution in [3.8, 4) is 0 Å². The van der Waals surface area contributed by atoms with Crippen LogP contribution in [0.1, 0.15) is 30.5 Å². The van der Waals surface area contributed by atoms with Gasteiger partial charge in [-0.25, -0.2) is 0 Å². The summed E-state index contributed by atoms with van der Waals surface area (Å²) in [5.41, 5.74) is 9.18. The minimum atomic E-state index is 0.398. The van der Waals surface area contributed by atoms with Crippen LogP contribution in [0.15, 0.2) is 12.3 Å². The van der Waals surface area contributed by atoms with Gasteiger partial charge in [-0.2, -0.15) is 0 Å². The van der Waals surface area contributed by atoms with Gasteiger partial charge in [0.1, 0.15) is 0 Å². The first-order valence-electron chi connectivity index (χ1n) is 6.45. The Labute approximate surface area is 103 Å². The zero-order valence-corrected chi connectivity index (χ0v) is 10.5. The topological polar surface area (TPSA) is 63.0 Å². The molecule has 94 valence electrons. The van der Waals surface area contributed by atoms with Crippen LogP contribution in [0.5, 0.6) is 0 Å². The summed E-state index contributed by atoms with van der Waals surface area (Å²) in [6.45, 7) is 3.90. The Bertz CT molecular complexity index is 358. The van der Waals surface area contributed by atoms with Gasteiger partial charge in [0.15, 0.2) is 0 Å². The Morgan fingerprint density at radius 1 is 1.59 bits per heavy atom. The predicted octanol–water partition coefficient (Wildman–Crippen LogP) is 1.40. The Morgan fingerprint density at radius 2 is 2.47 bits per heavy atom. The van der Waals surface area contributed by atoms with E-state index < -0.39 is 0 Å². The van der Waals surface area contributed by atoms with Gasteiger partial charge in [-0.3, -0.25) is 10.3 Å². The molecule has 0 amide bonds. The van der Waals surface area contributed by atoms with Gasteiger partial charge in [-0.05, 0) is 57.3 Å². The summed E-state index contributed by atoms with van der Waals surface area (Å²) >= 11 is 0. The second kappa shape index (κ2) is 5.98. The third-order valence-corrected chi connectivity index (χ3v) is 3.26. The van der Waals surface area contributed by atoms with E-state index in [1.54, 1.807) is 0 Å². The summed E-state index contributed by atoms with van der Waals surface area (Å²) in [5, 5.41) is 7.02. The normalized spacial score (nSPS) is 19.5. The average Bonchev–Trinajstić information content (AvgIpc) is 2.83. The van der Waals surface area contributed by atoms with E-state index >= 15 is 0 Å². The average molecular weight is 234 g/mol. The number of rotatable bonds is 5. The zero-order chi connectivity index (χ0) is 12.1. The van der Waals surface area contributed by atoms with Gasteiger partial charge in [0.05, 0.1) is 17.5 Å². The molecule has 1 saturated heterocycles. The van der Waals surface area contributed by atoms with Crippen molar-refractivity contribution < 1.29 is 0 Å². The first-order chi connectivity index (χ1) is 8.31. The molecule has 4 N–H and O–H groups in total. The number of aryl methyl sites for hydroxylation is 2. The van der Waals surface area contributed by atoms with Crippen molar-refractivity contribution in [2.24, 2.45) is 5.73 Å². The number of nitrogens with zero attached hydrogens (tertiary/aromatic N) is 1. The lowest BCUT2D eigenvalue weighted by atomic mass is 10.1. The van der Waals surface area contributed by atoms with Crippen molar-refractivity contribution in [2.45, 2.75) is 38.8 Å². The van der Waals surface area contributed by atoms with Crippen LogP contribution in [-0.4, -0.2) is 24.2 Å². The molecule has 4 nitrogen and oxygen atoms in total. The fraction of sp³-hybridized carbons (Fsp3) is 0.615. The maximum atomic E-state index is 5.58. The summed E-state index contributed by atoms with van der Waals surface area (Å²) in [6.07, 6.45) is 6.76. The van der Waals surface area contributed by atoms with Crippen LogP contribution in [0, 0.1) is 6.92 Å². The molecule has 0 aliphatic carbocycles. The minimum Gasteiger partial charge on any atom is -0.368 e. The number of nitrogens with one attached hydrogen (secondary N) is 2. The van der Waals surface area contributed by atoms with E-state index in [1.165, 1.54) is 24.1 Å². The highest BCUT2D eigenvalue weighted by Crippen LogP contribution is 2.22. The monoisotopic (exact) mass is 234 g/mol. The molecule has 1 aliphatic heterocycles. The van der Waals surface area contributed by atoms with Crippen LogP contribution in [-0.2, 0) is 6.42 Å². The van der Waals surface area contributed by atoms with Crippen molar-refractivity contribution >= 4 is 5.69 Å². The zero-order valence-electron chi connectivity index (χ0n) is 10.5. The van der Waals surface area contributed by atoms with Crippen molar-refractivity contribution in [1.82, 2.24) is 10.3 Å². The molecule has 1 aliphatic rings. The molecule has 1 aromatic rings. The summed E-state index contributed by atoms with van der Waals surface area (Å²) < 4.78 is 0. The van der Waals surface area contributed by atoms with E-state index in [1.807, 2.05) is 6.20 Å². The Hall–Kier alpha value is -1.13. The third kappa shape index (κ3) is 3.17. The lowest BCUT2D eigenvalue weighted by Crippen LogP contribution is -2.30. The fourth-order valence-electron chi connectivity index (χ4n) is 2.30. The van der Waals surface area contributed by atoms with E-state index in [9.17, 15) is 0 Å². The fourth-order valence-corrected chi connectivity index (χ4v) is 2.30. The van der Waals surface area contributed by atoms with E-state index in [0.717, 1.165) is 31.6 Å². The van der Waals surface area contributed by atoms with E-state index in [-0.39, 0.29) is 0 Å². The van der Waals surface area contributed by atoms with Crippen molar-refractivity contribution in [1.29, 1.82) is 0 Å². The third-order valence-electron chi connectivity index (χ3n) is 3.26. The Morgan fingerprint density at radius 3 is 3.18 bits per heavy atom. The molecule has 1 atom stereocenters. The summed E-state index contributed by atoms with van der Waals surface area (Å²) in [7, 11) is 0. The van der Waals surface area contributed by atoms with Crippen LogP contribution in [0.4, 0.5) is 5.69 Å². The molecule has 0 bridgehead atoms. The summed E-state index contributed by atoms with van der Waals surface area (Å²) in [5.74, 6) is 0.